The van der Waals surface area contributed by atoms with Crippen LogP contribution in [0.4, 0.5) is 4.79 Å². The topological polar surface area (TPSA) is 26.8 Å². The van der Waals surface area contributed by atoms with E-state index in [9.17, 15) is 4.79 Å². The molecule has 0 aromatic rings. The maximum atomic E-state index is 10.8. The molecule has 1 rings (SSSR count). The first kappa shape index (κ1) is 11.8. The molecule has 1 heterocycles. The first-order valence-electron chi connectivity index (χ1n) is 4.91. The molecule has 0 atom stereocenters. The van der Waals surface area contributed by atoms with Crippen molar-refractivity contribution in [3.8, 4) is 0 Å². The molecule has 0 aromatic heterocycles. The molecule has 0 radical (unpaired) electrons. The summed E-state index contributed by atoms with van der Waals surface area (Å²) in [6.45, 7) is 5.52. The number of amides is 1. The van der Waals surface area contributed by atoms with E-state index in [4.69, 9.17) is 11.6 Å². The summed E-state index contributed by atoms with van der Waals surface area (Å²) >= 11 is 5.39. The van der Waals surface area contributed by atoms with Crippen molar-refractivity contribution in [3.63, 3.8) is 0 Å². The van der Waals surface area contributed by atoms with Gasteiger partial charge in [-0.15, -0.1) is 0 Å². The van der Waals surface area contributed by atoms with Crippen molar-refractivity contribution in [1.82, 2.24) is 14.7 Å². The predicted octanol–water partition coefficient (Wildman–Crippen LogP) is 0.524. The lowest BCUT2D eigenvalue weighted by atomic mass is 10.3. The molecule has 1 saturated heterocycles. The Morgan fingerprint density at radius 3 is 2.29 bits per heavy atom. The molecule has 1 fully saturated rings. The van der Waals surface area contributed by atoms with Crippen LogP contribution >= 0.6 is 11.6 Å². The van der Waals surface area contributed by atoms with Gasteiger partial charge in [-0.1, -0.05) is 0 Å². The average Bonchev–Trinajstić information content (AvgIpc) is 2.15. The minimum atomic E-state index is -0.322. The summed E-state index contributed by atoms with van der Waals surface area (Å²) in [6.07, 6.45) is 0. The van der Waals surface area contributed by atoms with Gasteiger partial charge in [0.1, 0.15) is 0 Å². The molecule has 1 amide bonds. The lowest BCUT2D eigenvalue weighted by Crippen LogP contribution is -2.48. The normalized spacial score (nSPS) is 19.0. The van der Waals surface area contributed by atoms with Gasteiger partial charge in [-0.3, -0.25) is 9.69 Å². The Morgan fingerprint density at radius 1 is 1.29 bits per heavy atom. The fraction of sp³-hybridized carbons (Fsp3) is 0.889. The van der Waals surface area contributed by atoms with E-state index in [1.165, 1.54) is 0 Å². The standard InChI is InChI=1S/C9H18ClN3O/c1-11(2)3-4-12-5-7-13(8-6-12)9(10)14/h3-8H2,1-2H3. The monoisotopic (exact) mass is 219 g/mol. The van der Waals surface area contributed by atoms with Crippen LogP contribution < -0.4 is 0 Å². The minimum Gasteiger partial charge on any atom is -0.327 e. The molecule has 0 aromatic carbocycles. The summed E-state index contributed by atoms with van der Waals surface area (Å²) in [6, 6.07) is 0. The molecule has 82 valence electrons. The first-order chi connectivity index (χ1) is 6.59. The summed E-state index contributed by atoms with van der Waals surface area (Å²) in [5, 5.41) is -0.322. The van der Waals surface area contributed by atoms with E-state index in [1.54, 1.807) is 4.90 Å². The highest BCUT2D eigenvalue weighted by Crippen LogP contribution is 2.04. The van der Waals surface area contributed by atoms with Crippen LogP contribution in [0.15, 0.2) is 0 Å². The Hall–Kier alpha value is -0.320. The second-order valence-electron chi connectivity index (χ2n) is 3.88. The van der Waals surface area contributed by atoms with E-state index >= 15 is 0 Å². The highest BCUT2D eigenvalue weighted by molar-refractivity contribution is 6.62. The molecule has 0 N–H and O–H groups in total. The number of rotatable bonds is 3. The van der Waals surface area contributed by atoms with Gasteiger partial charge in [-0.2, -0.15) is 0 Å². The molecule has 0 unspecified atom stereocenters. The fourth-order valence-corrected chi connectivity index (χ4v) is 1.66. The van der Waals surface area contributed by atoms with Crippen molar-refractivity contribution < 1.29 is 4.79 Å². The summed E-state index contributed by atoms with van der Waals surface area (Å²) in [4.78, 5) is 17.0. The quantitative estimate of drug-likeness (QED) is 0.512. The molecule has 4 nitrogen and oxygen atoms in total. The number of piperazine rings is 1. The van der Waals surface area contributed by atoms with E-state index in [0.29, 0.717) is 0 Å². The van der Waals surface area contributed by atoms with Crippen LogP contribution in [0.25, 0.3) is 0 Å². The van der Waals surface area contributed by atoms with Crippen molar-refractivity contribution in [1.29, 1.82) is 0 Å². The molecule has 1 aliphatic rings. The van der Waals surface area contributed by atoms with Crippen LogP contribution in [0.2, 0.25) is 0 Å². The third kappa shape index (κ3) is 3.82. The Morgan fingerprint density at radius 2 is 1.86 bits per heavy atom. The summed E-state index contributed by atoms with van der Waals surface area (Å²) < 4.78 is 0. The Bertz CT molecular complexity index is 190. The Balaban J connectivity index is 2.19. The molecule has 0 saturated carbocycles. The van der Waals surface area contributed by atoms with E-state index < -0.39 is 0 Å². The predicted molar refractivity (Wildman–Crippen MR) is 57.8 cm³/mol. The zero-order valence-corrected chi connectivity index (χ0v) is 9.63. The van der Waals surface area contributed by atoms with Crippen molar-refractivity contribution in [2.75, 3.05) is 53.4 Å². The number of carbonyl (C=O) groups excluding carboxylic acids is 1. The smallest absolute Gasteiger partial charge is 0.316 e. The van der Waals surface area contributed by atoms with Gasteiger partial charge in [0.25, 0.3) is 0 Å². The maximum absolute atomic E-state index is 10.8. The lowest BCUT2D eigenvalue weighted by Gasteiger charge is -2.33. The molecule has 0 aliphatic carbocycles. The number of carbonyl (C=O) groups is 1. The SMILES string of the molecule is CN(C)CCN1CCN(C(=O)Cl)CC1. The molecule has 5 heteroatoms. The van der Waals surface area contributed by atoms with Gasteiger partial charge in [-0.25, -0.2) is 0 Å². The largest absolute Gasteiger partial charge is 0.327 e. The van der Waals surface area contributed by atoms with Crippen LogP contribution in [0.5, 0.6) is 0 Å². The van der Waals surface area contributed by atoms with Gasteiger partial charge in [0.05, 0.1) is 0 Å². The number of likely N-dealkylation sites (N-methyl/N-ethyl adjacent to an activating group) is 1. The van der Waals surface area contributed by atoms with Crippen LogP contribution in [0.1, 0.15) is 0 Å². The molecule has 0 spiro atoms. The number of halogens is 1. The number of nitrogens with zero attached hydrogens (tertiary/aromatic N) is 3. The minimum absolute atomic E-state index is 0.322. The lowest BCUT2D eigenvalue weighted by molar-refractivity contribution is 0.145. The summed E-state index contributed by atoms with van der Waals surface area (Å²) in [5.41, 5.74) is 0. The van der Waals surface area contributed by atoms with Gasteiger partial charge >= 0.3 is 5.37 Å². The molecule has 0 bridgehead atoms. The molecular formula is C9H18ClN3O. The van der Waals surface area contributed by atoms with Crippen LogP contribution in [0, 0.1) is 0 Å². The highest BCUT2D eigenvalue weighted by Gasteiger charge is 2.18. The van der Waals surface area contributed by atoms with Crippen LogP contribution in [-0.2, 0) is 0 Å². The van der Waals surface area contributed by atoms with E-state index in [2.05, 4.69) is 23.9 Å². The third-order valence-electron chi connectivity index (χ3n) is 2.48. The number of hydrogen-bond acceptors (Lipinski definition) is 3. The van der Waals surface area contributed by atoms with Crippen LogP contribution in [0.3, 0.4) is 0 Å². The Kier molecular flexibility index (Phi) is 4.65. The average molecular weight is 220 g/mol. The van der Waals surface area contributed by atoms with Gasteiger partial charge in [0, 0.05) is 39.3 Å². The zero-order chi connectivity index (χ0) is 10.6. The maximum Gasteiger partial charge on any atom is 0.316 e. The summed E-state index contributed by atoms with van der Waals surface area (Å²) in [7, 11) is 4.14. The fourth-order valence-electron chi connectivity index (χ4n) is 1.49. The number of hydrogen-bond donors (Lipinski definition) is 0. The van der Waals surface area contributed by atoms with Crippen molar-refractivity contribution in [3.05, 3.63) is 0 Å². The van der Waals surface area contributed by atoms with E-state index in [-0.39, 0.29) is 5.37 Å². The van der Waals surface area contributed by atoms with Gasteiger partial charge in [0.2, 0.25) is 0 Å². The molecule has 14 heavy (non-hydrogen) atoms. The second-order valence-corrected chi connectivity index (χ2v) is 4.21. The van der Waals surface area contributed by atoms with Crippen molar-refractivity contribution in [2.45, 2.75) is 0 Å². The zero-order valence-electron chi connectivity index (χ0n) is 8.87. The highest BCUT2D eigenvalue weighted by atomic mass is 35.5. The van der Waals surface area contributed by atoms with Gasteiger partial charge < -0.3 is 9.80 Å². The Labute approximate surface area is 90.4 Å². The molecular weight excluding hydrogens is 202 g/mol. The summed E-state index contributed by atoms with van der Waals surface area (Å²) in [5.74, 6) is 0. The third-order valence-corrected chi connectivity index (χ3v) is 2.72. The molecule has 1 aliphatic heterocycles. The van der Waals surface area contributed by atoms with Crippen molar-refractivity contribution in [2.24, 2.45) is 0 Å². The van der Waals surface area contributed by atoms with Gasteiger partial charge in [-0.05, 0) is 25.7 Å². The van der Waals surface area contributed by atoms with Crippen LogP contribution in [-0.4, -0.2) is 73.4 Å². The van der Waals surface area contributed by atoms with E-state index in [0.717, 1.165) is 39.3 Å². The first-order valence-corrected chi connectivity index (χ1v) is 5.29. The van der Waals surface area contributed by atoms with Crippen molar-refractivity contribution >= 4 is 17.0 Å². The van der Waals surface area contributed by atoms with Gasteiger partial charge in [0.15, 0.2) is 0 Å². The second kappa shape index (κ2) is 5.53. The van der Waals surface area contributed by atoms with E-state index in [1.807, 2.05) is 0 Å².